The normalized spacial score (nSPS) is 12.0. The molecule has 0 saturated heterocycles. The molecule has 0 aliphatic heterocycles. The lowest BCUT2D eigenvalue weighted by atomic mass is 10.1. The van der Waals surface area contributed by atoms with Gasteiger partial charge in [0, 0.05) is 25.3 Å². The molecule has 1 aromatic heterocycles. The van der Waals surface area contributed by atoms with Gasteiger partial charge in [-0.25, -0.2) is 4.79 Å². The number of carboxylic acid groups (broad SMARTS) is 3. The average Bonchev–Trinajstić information content (AvgIpc) is 2.69. The number of nitrogens with zero attached hydrogens (tertiary/aromatic N) is 3. The summed E-state index contributed by atoms with van der Waals surface area (Å²) < 4.78 is 5.06. The molecule has 178 valence electrons. The number of hydrogen-bond acceptors (Lipinski definition) is 8. The van der Waals surface area contributed by atoms with Gasteiger partial charge in [0.15, 0.2) is 0 Å². The first-order chi connectivity index (χ1) is 15.2. The maximum atomic E-state index is 12.3. The Bertz CT molecular complexity index is 770. The van der Waals surface area contributed by atoms with Gasteiger partial charge in [0.2, 0.25) is 0 Å². The molecule has 0 saturated carbocycles. The van der Waals surface area contributed by atoms with Gasteiger partial charge in [-0.05, 0) is 25.5 Å². The Kier molecular flexibility index (Phi) is 11.9. The second-order valence-electron chi connectivity index (χ2n) is 7.27. The van der Waals surface area contributed by atoms with E-state index >= 15 is 0 Å². The molecule has 1 unspecified atom stereocenters. The molecule has 11 heteroatoms. The van der Waals surface area contributed by atoms with Gasteiger partial charge in [-0.15, -0.1) is 0 Å². The number of hydrogen-bond donors (Lipinski definition) is 3. The summed E-state index contributed by atoms with van der Waals surface area (Å²) in [6.45, 7) is 2.47. The molecule has 1 rings (SSSR count). The molecule has 0 bridgehead atoms. The Morgan fingerprint density at radius 1 is 1.03 bits per heavy atom. The molecular formula is C21H31N3O8. The van der Waals surface area contributed by atoms with Gasteiger partial charge in [-0.1, -0.05) is 19.8 Å². The van der Waals surface area contributed by atoms with Crippen LogP contribution < -0.4 is 0 Å². The highest BCUT2D eigenvalue weighted by molar-refractivity contribution is 5.90. The molecule has 0 aromatic carbocycles. The lowest BCUT2D eigenvalue weighted by Crippen LogP contribution is -2.48. The number of carboxylic acids is 3. The summed E-state index contributed by atoms with van der Waals surface area (Å²) in [6, 6.07) is 2.65. The topological polar surface area (TPSA) is 158 Å². The zero-order valence-electron chi connectivity index (χ0n) is 18.4. The summed E-state index contributed by atoms with van der Waals surface area (Å²) in [4.78, 5) is 53.4. The number of carbonyl (C=O) groups excluding carboxylic acids is 1. The van der Waals surface area contributed by atoms with Crippen molar-refractivity contribution < 1.29 is 39.2 Å². The highest BCUT2D eigenvalue weighted by Crippen LogP contribution is 2.17. The molecule has 1 atom stereocenters. The van der Waals surface area contributed by atoms with Crippen molar-refractivity contribution in [3.63, 3.8) is 0 Å². The summed E-state index contributed by atoms with van der Waals surface area (Å²) in [5.41, 5.74) is 0.545. The molecule has 0 amide bonds. The predicted molar refractivity (Wildman–Crippen MR) is 113 cm³/mol. The molecular weight excluding hydrogens is 422 g/mol. The van der Waals surface area contributed by atoms with Gasteiger partial charge >= 0.3 is 23.9 Å². The minimum Gasteiger partial charge on any atom is -0.480 e. The third-order valence-electron chi connectivity index (χ3n) is 4.67. The number of rotatable bonds is 16. The van der Waals surface area contributed by atoms with Crippen molar-refractivity contribution in [1.82, 2.24) is 14.8 Å². The van der Waals surface area contributed by atoms with Gasteiger partial charge in [0.1, 0.15) is 0 Å². The number of aliphatic carboxylic acids is 3. The molecule has 0 radical (unpaired) electrons. The van der Waals surface area contributed by atoms with E-state index in [1.165, 1.54) is 11.1 Å². The number of carbonyl (C=O) groups is 4. The Morgan fingerprint density at radius 2 is 1.66 bits per heavy atom. The lowest BCUT2D eigenvalue weighted by Gasteiger charge is -2.34. The van der Waals surface area contributed by atoms with Crippen LogP contribution in [0, 0.1) is 0 Å². The van der Waals surface area contributed by atoms with Gasteiger partial charge in [0.25, 0.3) is 0 Å². The van der Waals surface area contributed by atoms with Crippen LogP contribution in [0.1, 0.15) is 49.2 Å². The molecule has 32 heavy (non-hydrogen) atoms. The highest BCUT2D eigenvalue weighted by Gasteiger charge is 2.27. The number of esters is 1. The average molecular weight is 453 g/mol. The first-order valence-corrected chi connectivity index (χ1v) is 10.4. The third-order valence-corrected chi connectivity index (χ3v) is 4.67. The molecule has 1 heterocycles. The zero-order valence-corrected chi connectivity index (χ0v) is 18.4. The maximum absolute atomic E-state index is 12.3. The number of aromatic nitrogens is 1. The maximum Gasteiger partial charge on any atom is 0.340 e. The van der Waals surface area contributed by atoms with Gasteiger partial charge in [-0.2, -0.15) is 0 Å². The Hall–Kier alpha value is -3.05. The van der Waals surface area contributed by atoms with Crippen LogP contribution in [-0.4, -0.2) is 92.8 Å². The first-order valence-electron chi connectivity index (χ1n) is 10.4. The summed E-state index contributed by atoms with van der Waals surface area (Å²) in [6.07, 6.45) is 3.54. The molecule has 0 aliphatic rings. The second-order valence-corrected chi connectivity index (χ2v) is 7.27. The molecule has 0 aliphatic carbocycles. The Balaban J connectivity index is 3.24. The Labute approximate surface area is 186 Å². The molecule has 3 N–H and O–H groups in total. The quantitative estimate of drug-likeness (QED) is 0.309. The molecule has 11 nitrogen and oxygen atoms in total. The van der Waals surface area contributed by atoms with Gasteiger partial charge < -0.3 is 20.1 Å². The van der Waals surface area contributed by atoms with Crippen LogP contribution in [0.15, 0.2) is 18.3 Å². The number of unbranched alkanes of at least 4 members (excludes halogenated alkanes) is 1. The van der Waals surface area contributed by atoms with Crippen molar-refractivity contribution >= 4 is 23.9 Å². The van der Waals surface area contributed by atoms with E-state index in [4.69, 9.17) is 14.9 Å². The summed E-state index contributed by atoms with van der Waals surface area (Å²) in [7, 11) is 0. The van der Waals surface area contributed by atoms with Crippen molar-refractivity contribution in [1.29, 1.82) is 0 Å². The summed E-state index contributed by atoms with van der Waals surface area (Å²) in [5, 5.41) is 27.8. The lowest BCUT2D eigenvalue weighted by molar-refractivity contribution is -0.144. The largest absolute Gasteiger partial charge is 0.480 e. The van der Waals surface area contributed by atoms with Crippen LogP contribution in [0.2, 0.25) is 0 Å². The van der Waals surface area contributed by atoms with Gasteiger partial charge in [0.05, 0.1) is 37.5 Å². The zero-order chi connectivity index (χ0) is 24.1. The van der Waals surface area contributed by atoms with Crippen LogP contribution in [0.25, 0.3) is 0 Å². The Morgan fingerprint density at radius 3 is 2.19 bits per heavy atom. The standard InChI is InChI=1S/C21H31N3O8/c1-3-5-7-15(10-23(12-18(25)26)13-19(27)28)24(14-20(29)30)11-17-16(8-6-9-22-17)21(31)32-4-2/h6,8-9,15H,3-5,7,10-14H2,1-2H3,(H,25,26)(H,27,28)(H,29,30). The van der Waals surface area contributed by atoms with Crippen LogP contribution in [-0.2, 0) is 25.7 Å². The van der Waals surface area contributed by atoms with E-state index in [0.29, 0.717) is 12.1 Å². The van der Waals surface area contributed by atoms with E-state index < -0.39 is 43.0 Å². The van der Waals surface area contributed by atoms with E-state index in [1.807, 2.05) is 6.92 Å². The van der Waals surface area contributed by atoms with Crippen molar-refractivity contribution in [2.24, 2.45) is 0 Å². The van der Waals surface area contributed by atoms with E-state index in [2.05, 4.69) is 4.98 Å². The van der Waals surface area contributed by atoms with Gasteiger partial charge in [-0.3, -0.25) is 29.2 Å². The molecule has 1 aromatic rings. The monoisotopic (exact) mass is 453 g/mol. The van der Waals surface area contributed by atoms with Crippen LogP contribution in [0.3, 0.4) is 0 Å². The van der Waals surface area contributed by atoms with Crippen LogP contribution in [0.4, 0.5) is 0 Å². The second kappa shape index (κ2) is 14.1. The van der Waals surface area contributed by atoms with Crippen molar-refractivity contribution in [3.8, 4) is 0 Å². The predicted octanol–water partition coefficient (Wildman–Crippen LogP) is 1.17. The number of pyridine rings is 1. The van der Waals surface area contributed by atoms with Crippen molar-refractivity contribution in [2.45, 2.75) is 45.7 Å². The van der Waals surface area contributed by atoms with Crippen LogP contribution in [0.5, 0.6) is 0 Å². The van der Waals surface area contributed by atoms with E-state index in [-0.39, 0.29) is 31.8 Å². The van der Waals surface area contributed by atoms with Crippen molar-refractivity contribution in [2.75, 3.05) is 32.8 Å². The van der Waals surface area contributed by atoms with E-state index in [1.54, 1.807) is 24.0 Å². The molecule has 0 spiro atoms. The highest BCUT2D eigenvalue weighted by atomic mass is 16.5. The fourth-order valence-electron chi connectivity index (χ4n) is 3.33. The minimum atomic E-state index is -1.18. The SMILES string of the molecule is CCCCC(CN(CC(=O)O)CC(=O)O)N(CC(=O)O)Cc1ncccc1C(=O)OCC. The van der Waals surface area contributed by atoms with E-state index in [0.717, 1.165) is 12.8 Å². The van der Waals surface area contributed by atoms with E-state index in [9.17, 15) is 24.3 Å². The summed E-state index contributed by atoms with van der Waals surface area (Å²) in [5.74, 6) is -4.04. The minimum absolute atomic E-state index is 0.00362. The smallest absolute Gasteiger partial charge is 0.340 e. The molecule has 0 fully saturated rings. The third kappa shape index (κ3) is 9.84. The summed E-state index contributed by atoms with van der Waals surface area (Å²) >= 11 is 0. The fourth-order valence-corrected chi connectivity index (χ4v) is 3.33. The fraction of sp³-hybridized carbons (Fsp3) is 0.571. The number of ether oxygens (including phenoxy) is 1. The van der Waals surface area contributed by atoms with Crippen LogP contribution >= 0.6 is 0 Å². The van der Waals surface area contributed by atoms with Crippen molar-refractivity contribution in [3.05, 3.63) is 29.6 Å². The first kappa shape index (κ1) is 27.0.